The van der Waals surface area contributed by atoms with Crippen LogP contribution in [0.1, 0.15) is 52.0 Å². The molecule has 0 N–H and O–H groups in total. The summed E-state index contributed by atoms with van der Waals surface area (Å²) < 4.78 is 11.0. The monoisotopic (exact) mass is 379 g/mol. The molecule has 1 saturated carbocycles. The van der Waals surface area contributed by atoms with Crippen molar-refractivity contribution in [1.82, 2.24) is 14.8 Å². The van der Waals surface area contributed by atoms with Gasteiger partial charge >= 0.3 is 0 Å². The first-order valence-corrected chi connectivity index (χ1v) is 9.71. The number of aromatic nitrogens is 1. The normalized spacial score (nSPS) is 17.7. The number of hydrogen-bond acceptors (Lipinski definition) is 5. The second kappa shape index (κ2) is 6.82. The zero-order valence-corrected chi connectivity index (χ0v) is 15.5. The van der Waals surface area contributed by atoms with Crippen molar-refractivity contribution >= 4 is 22.9 Å². The summed E-state index contributed by atoms with van der Waals surface area (Å²) in [5, 5.41) is 0. The van der Waals surface area contributed by atoms with Gasteiger partial charge in [-0.1, -0.05) is 0 Å². The van der Waals surface area contributed by atoms with Gasteiger partial charge in [-0.3, -0.25) is 9.59 Å². The zero-order valence-electron chi connectivity index (χ0n) is 15.5. The first-order valence-electron chi connectivity index (χ1n) is 9.71. The Morgan fingerprint density at radius 1 is 1.00 bits per heavy atom. The molecule has 0 unspecified atom stereocenters. The largest absolute Gasteiger partial charge is 0.459 e. The standard InChI is InChI=1S/C21H21N3O4/c25-20(15-6-7-16-18(13-15)28-19(22-16)14-4-5-14)23-8-2-9-24(11-10-23)21(26)17-3-1-12-27-17/h1,3,6-7,12-14H,2,4-5,8-11H2. The van der Waals surface area contributed by atoms with Crippen LogP contribution in [0.5, 0.6) is 0 Å². The highest BCUT2D eigenvalue weighted by Gasteiger charge is 2.29. The molecule has 5 rings (SSSR count). The van der Waals surface area contributed by atoms with Crippen LogP contribution < -0.4 is 0 Å². The van der Waals surface area contributed by atoms with E-state index in [9.17, 15) is 9.59 Å². The van der Waals surface area contributed by atoms with Gasteiger partial charge in [0, 0.05) is 37.7 Å². The number of benzene rings is 1. The van der Waals surface area contributed by atoms with Gasteiger partial charge in [0.15, 0.2) is 17.2 Å². The van der Waals surface area contributed by atoms with E-state index in [4.69, 9.17) is 8.83 Å². The van der Waals surface area contributed by atoms with Crippen LogP contribution >= 0.6 is 0 Å². The molecular formula is C21H21N3O4. The van der Waals surface area contributed by atoms with Gasteiger partial charge in [-0.05, 0) is 49.6 Å². The minimum absolute atomic E-state index is 0.0430. The Bertz CT molecular complexity index is 1020. The quantitative estimate of drug-likeness (QED) is 0.698. The van der Waals surface area contributed by atoms with Crippen LogP contribution in [0.15, 0.2) is 45.4 Å². The van der Waals surface area contributed by atoms with Crippen LogP contribution in [0.4, 0.5) is 0 Å². The molecule has 1 aliphatic carbocycles. The molecule has 2 fully saturated rings. The third-order valence-electron chi connectivity index (χ3n) is 5.38. The summed E-state index contributed by atoms with van der Waals surface area (Å²) in [5.74, 6) is 1.38. The predicted molar refractivity (Wildman–Crippen MR) is 101 cm³/mol. The summed E-state index contributed by atoms with van der Waals surface area (Å²) in [6.07, 6.45) is 4.48. The number of carbonyl (C=O) groups is 2. The van der Waals surface area contributed by atoms with Crippen molar-refractivity contribution in [3.8, 4) is 0 Å². The van der Waals surface area contributed by atoms with Crippen molar-refractivity contribution in [2.45, 2.75) is 25.2 Å². The summed E-state index contributed by atoms with van der Waals surface area (Å²) in [6, 6.07) is 8.81. The van der Waals surface area contributed by atoms with Crippen LogP contribution in [-0.2, 0) is 0 Å². The van der Waals surface area contributed by atoms with E-state index < -0.39 is 0 Å². The van der Waals surface area contributed by atoms with E-state index in [1.165, 1.54) is 6.26 Å². The number of amides is 2. The Hall–Kier alpha value is -3.09. The molecule has 144 valence electrons. The van der Waals surface area contributed by atoms with Gasteiger partial charge in [0.1, 0.15) is 5.52 Å². The molecule has 2 amide bonds. The predicted octanol–water partition coefficient (Wildman–Crippen LogP) is 3.29. The summed E-state index contributed by atoms with van der Waals surface area (Å²) in [5.41, 5.74) is 2.05. The van der Waals surface area contributed by atoms with Crippen LogP contribution in [0.3, 0.4) is 0 Å². The molecule has 1 aliphatic heterocycles. The first kappa shape index (κ1) is 17.0. The molecule has 7 heteroatoms. The number of oxazole rings is 1. The maximum Gasteiger partial charge on any atom is 0.289 e. The minimum Gasteiger partial charge on any atom is -0.459 e. The average Bonchev–Trinajstić information content (AvgIpc) is 3.33. The number of carbonyl (C=O) groups excluding carboxylic acids is 2. The Morgan fingerprint density at radius 3 is 2.50 bits per heavy atom. The SMILES string of the molecule is O=C(c1ccc2nc(C3CC3)oc2c1)N1CCCN(C(=O)c2ccco2)CC1. The van der Waals surface area contributed by atoms with Crippen LogP contribution in [0.25, 0.3) is 11.1 Å². The molecule has 1 aromatic carbocycles. The van der Waals surface area contributed by atoms with E-state index in [0.717, 1.165) is 30.7 Å². The Kier molecular flexibility index (Phi) is 4.15. The summed E-state index contributed by atoms with van der Waals surface area (Å²) >= 11 is 0. The van der Waals surface area contributed by atoms with Crippen LogP contribution in [-0.4, -0.2) is 52.8 Å². The fourth-order valence-corrected chi connectivity index (χ4v) is 3.64. The molecule has 0 bridgehead atoms. The third kappa shape index (κ3) is 3.17. The minimum atomic E-state index is -0.130. The van der Waals surface area contributed by atoms with E-state index in [-0.39, 0.29) is 11.8 Å². The summed E-state index contributed by atoms with van der Waals surface area (Å²) in [6.45, 7) is 2.20. The smallest absolute Gasteiger partial charge is 0.289 e. The third-order valence-corrected chi connectivity index (χ3v) is 5.38. The molecule has 2 aromatic heterocycles. The summed E-state index contributed by atoms with van der Waals surface area (Å²) in [7, 11) is 0. The van der Waals surface area contributed by atoms with E-state index in [0.29, 0.717) is 49.0 Å². The number of hydrogen-bond donors (Lipinski definition) is 0. The lowest BCUT2D eigenvalue weighted by molar-refractivity contribution is 0.0700. The Labute approximate surface area is 161 Å². The molecule has 7 nitrogen and oxygen atoms in total. The lowest BCUT2D eigenvalue weighted by Gasteiger charge is -2.21. The highest BCUT2D eigenvalue weighted by atomic mass is 16.4. The van der Waals surface area contributed by atoms with Crippen molar-refractivity contribution in [2.75, 3.05) is 26.2 Å². The molecule has 0 spiro atoms. The highest BCUT2D eigenvalue weighted by molar-refractivity contribution is 5.97. The number of furan rings is 1. The number of rotatable bonds is 3. The second-order valence-corrected chi connectivity index (χ2v) is 7.42. The second-order valence-electron chi connectivity index (χ2n) is 7.42. The molecule has 3 aromatic rings. The van der Waals surface area contributed by atoms with Gasteiger partial charge in [-0.15, -0.1) is 0 Å². The fourth-order valence-electron chi connectivity index (χ4n) is 3.64. The molecule has 2 aliphatic rings. The van der Waals surface area contributed by atoms with E-state index in [2.05, 4.69) is 4.98 Å². The van der Waals surface area contributed by atoms with Crippen LogP contribution in [0, 0.1) is 0 Å². The fraction of sp³-hybridized carbons (Fsp3) is 0.381. The molecule has 3 heterocycles. The number of fused-ring (bicyclic) bond motifs is 1. The lowest BCUT2D eigenvalue weighted by Crippen LogP contribution is -2.37. The van der Waals surface area contributed by atoms with Crippen molar-refractivity contribution < 1.29 is 18.4 Å². The average molecular weight is 379 g/mol. The van der Waals surface area contributed by atoms with Crippen LogP contribution in [0.2, 0.25) is 0 Å². The zero-order chi connectivity index (χ0) is 19.1. The lowest BCUT2D eigenvalue weighted by atomic mass is 10.1. The van der Waals surface area contributed by atoms with Crippen molar-refractivity contribution in [3.63, 3.8) is 0 Å². The van der Waals surface area contributed by atoms with Gasteiger partial charge in [0.2, 0.25) is 0 Å². The molecule has 0 atom stereocenters. The Morgan fingerprint density at radius 2 is 1.79 bits per heavy atom. The Balaban J connectivity index is 1.30. The van der Waals surface area contributed by atoms with Gasteiger partial charge in [0.05, 0.1) is 6.26 Å². The maximum absolute atomic E-state index is 13.0. The topological polar surface area (TPSA) is 79.8 Å². The molecule has 28 heavy (non-hydrogen) atoms. The molecule has 1 saturated heterocycles. The molecular weight excluding hydrogens is 358 g/mol. The van der Waals surface area contributed by atoms with Gasteiger partial charge < -0.3 is 18.6 Å². The van der Waals surface area contributed by atoms with Gasteiger partial charge in [-0.25, -0.2) is 4.98 Å². The van der Waals surface area contributed by atoms with Crippen molar-refractivity contribution in [3.05, 3.63) is 53.8 Å². The van der Waals surface area contributed by atoms with E-state index >= 15 is 0 Å². The van der Waals surface area contributed by atoms with Crippen molar-refractivity contribution in [1.29, 1.82) is 0 Å². The summed E-state index contributed by atoms with van der Waals surface area (Å²) in [4.78, 5) is 33.5. The first-order chi connectivity index (χ1) is 13.7. The van der Waals surface area contributed by atoms with E-state index in [1.54, 1.807) is 34.1 Å². The van der Waals surface area contributed by atoms with Gasteiger partial charge in [-0.2, -0.15) is 0 Å². The maximum atomic E-state index is 13.0. The highest BCUT2D eigenvalue weighted by Crippen LogP contribution is 2.40. The van der Waals surface area contributed by atoms with Gasteiger partial charge in [0.25, 0.3) is 11.8 Å². The number of nitrogens with zero attached hydrogens (tertiary/aromatic N) is 3. The van der Waals surface area contributed by atoms with Crippen molar-refractivity contribution in [2.24, 2.45) is 0 Å². The molecule has 0 radical (unpaired) electrons. The van der Waals surface area contributed by atoms with E-state index in [1.807, 2.05) is 6.07 Å².